The molecule has 19 nitrogen and oxygen atoms in total. The minimum absolute atomic E-state index is 0.0206. The molecule has 1 aromatic heterocycles. The number of nitrogens with zero attached hydrogens (tertiary/aromatic N) is 7. The summed E-state index contributed by atoms with van der Waals surface area (Å²) in [5, 5.41) is 23.7. The number of carbonyl (C=O) groups excluding carboxylic acids is 6. The van der Waals surface area contributed by atoms with Crippen LogP contribution in [0.2, 0.25) is 0 Å². The summed E-state index contributed by atoms with van der Waals surface area (Å²) in [6, 6.07) is 0. The number of nitrogens with one attached hydrogen (secondary N) is 2. The average molecular weight is 656 g/mol. The van der Waals surface area contributed by atoms with E-state index in [2.05, 4.69) is 26.3 Å². The third kappa shape index (κ3) is 5.80. The zero-order valence-electron chi connectivity index (χ0n) is 23.9. The largest absolute Gasteiger partial charge is 0.477 e. The highest BCUT2D eigenvalue weighted by Gasteiger charge is 2.67. The van der Waals surface area contributed by atoms with Crippen LogP contribution in [-0.2, 0) is 50.1 Å². The van der Waals surface area contributed by atoms with Crippen LogP contribution in [0.4, 0.5) is 0 Å². The van der Waals surface area contributed by atoms with E-state index in [1.807, 2.05) is 0 Å². The predicted molar refractivity (Wildman–Crippen MR) is 147 cm³/mol. The van der Waals surface area contributed by atoms with Crippen molar-refractivity contribution in [3.05, 3.63) is 11.3 Å². The third-order valence-corrected chi connectivity index (χ3v) is 9.61. The lowest BCUT2D eigenvalue weighted by atomic mass is 9.95. The van der Waals surface area contributed by atoms with E-state index in [1.165, 1.54) is 28.3 Å². The number of carboxylic acids is 1. The van der Waals surface area contributed by atoms with Crippen molar-refractivity contribution < 1.29 is 48.1 Å². The lowest BCUT2D eigenvalue weighted by Gasteiger charge is -2.56. The van der Waals surface area contributed by atoms with Gasteiger partial charge >= 0.3 is 17.8 Å². The van der Waals surface area contributed by atoms with Crippen LogP contribution in [0.5, 0.6) is 0 Å². The monoisotopic (exact) mass is 655 g/mol. The quantitative estimate of drug-likeness (QED) is 0.0477. The van der Waals surface area contributed by atoms with Gasteiger partial charge in [0.2, 0.25) is 11.1 Å². The van der Waals surface area contributed by atoms with Crippen LogP contribution in [0, 0.1) is 5.92 Å². The number of carbonyl (C=O) groups is 7. The minimum atomic E-state index is -2.08. The van der Waals surface area contributed by atoms with Gasteiger partial charge in [0.1, 0.15) is 17.2 Å². The normalized spacial score (nSPS) is 23.0. The number of aliphatic carboxylic acids is 1. The maximum Gasteiger partial charge on any atom is 0.352 e. The van der Waals surface area contributed by atoms with Crippen molar-refractivity contribution in [2.75, 3.05) is 38.2 Å². The fraction of sp³-hybridized carbons (Fsp3) is 0.565. The summed E-state index contributed by atoms with van der Waals surface area (Å²) in [5.41, 5.74) is 0.267. The fourth-order valence-electron chi connectivity index (χ4n) is 4.81. The number of methoxy groups -OCH3 is 1. The zero-order chi connectivity index (χ0) is 32.3. The van der Waals surface area contributed by atoms with Gasteiger partial charge in [0.15, 0.2) is 5.92 Å². The van der Waals surface area contributed by atoms with Crippen molar-refractivity contribution in [1.29, 1.82) is 0 Å². The van der Waals surface area contributed by atoms with E-state index in [0.29, 0.717) is 10.7 Å². The lowest BCUT2D eigenvalue weighted by Crippen LogP contribution is -2.81. The Morgan fingerprint density at radius 2 is 1.95 bits per heavy atom. The number of hydrogen-bond acceptors (Lipinski definition) is 14. The summed E-state index contributed by atoms with van der Waals surface area (Å²) in [6.07, 6.45) is -1.39. The van der Waals surface area contributed by atoms with E-state index in [1.54, 1.807) is 14.0 Å². The summed E-state index contributed by atoms with van der Waals surface area (Å²) in [7, 11) is 2.75. The number of carboxylic acid groups (broad SMARTS) is 1. The SMILES string of the molecule is CCN1CCN(NC(=O)[C@@H](C(=O)N[C@]2(OC)C(=O)N3C(C(=O)O)=C(CSc4nnnn4C)CS[C@@H]32)[C@H](C)OC=O)C(=O)C1=O. The van der Waals surface area contributed by atoms with Crippen LogP contribution < -0.4 is 10.7 Å². The molecule has 5 amide bonds. The molecule has 238 valence electrons. The standard InChI is InChI=1S/C23H29N9O10S2/c1-5-30-6-7-31(18(37)17(30)36)26-16(35)13(11(2)42-10-33)15(34)24-23(41-4)20(40)32-14(19(38)39)12(8-43-21(23)32)9-44-22-25-27-28-29(22)3/h10-11,13,21H,5-9H2,1-4H3,(H,24,34)(H,26,35)(H,38,39)/t11-,13+,21+,23-/m0/s1. The average Bonchev–Trinajstić information content (AvgIpc) is 3.40. The van der Waals surface area contributed by atoms with Gasteiger partial charge in [-0.1, -0.05) is 11.8 Å². The number of piperazine rings is 1. The van der Waals surface area contributed by atoms with Crippen molar-refractivity contribution >= 4 is 65.5 Å². The number of likely N-dealkylation sites (N-methyl/N-ethyl adjacent to an activating group) is 1. The number of amides is 5. The van der Waals surface area contributed by atoms with Crippen molar-refractivity contribution in [3.8, 4) is 0 Å². The smallest absolute Gasteiger partial charge is 0.352 e. The number of rotatable bonds is 13. The van der Waals surface area contributed by atoms with Gasteiger partial charge in [-0.05, 0) is 29.8 Å². The van der Waals surface area contributed by atoms with Crippen LogP contribution in [0.25, 0.3) is 0 Å². The van der Waals surface area contributed by atoms with E-state index >= 15 is 0 Å². The Bertz CT molecular complexity index is 1420. The van der Waals surface area contributed by atoms with E-state index in [4.69, 9.17) is 9.47 Å². The fourth-order valence-corrected chi connectivity index (χ4v) is 7.23. The Balaban J connectivity index is 1.54. The Hall–Kier alpha value is -4.24. The lowest BCUT2D eigenvalue weighted by molar-refractivity contribution is -0.194. The van der Waals surface area contributed by atoms with Crippen LogP contribution in [-0.4, -0.2) is 138 Å². The maximum absolute atomic E-state index is 13.6. The van der Waals surface area contributed by atoms with Crippen molar-refractivity contribution in [2.24, 2.45) is 13.0 Å². The van der Waals surface area contributed by atoms with Crippen LogP contribution >= 0.6 is 23.5 Å². The van der Waals surface area contributed by atoms with Gasteiger partial charge in [-0.15, -0.1) is 16.9 Å². The molecule has 3 aliphatic rings. The summed E-state index contributed by atoms with van der Waals surface area (Å²) in [5.74, 6) is -7.89. The summed E-state index contributed by atoms with van der Waals surface area (Å²) in [4.78, 5) is 90.7. The van der Waals surface area contributed by atoms with Crippen molar-refractivity contribution in [3.63, 3.8) is 0 Å². The molecule has 4 atom stereocenters. The third-order valence-electron chi connectivity index (χ3n) is 7.14. The molecule has 0 aliphatic carbocycles. The van der Waals surface area contributed by atoms with Gasteiger partial charge in [0.25, 0.3) is 24.0 Å². The van der Waals surface area contributed by atoms with E-state index in [0.717, 1.165) is 28.8 Å². The van der Waals surface area contributed by atoms with Crippen LogP contribution in [0.1, 0.15) is 13.8 Å². The second-order valence-corrected chi connectivity index (χ2v) is 11.6. The Kier molecular flexibility index (Phi) is 9.78. The topological polar surface area (TPSA) is 236 Å². The molecule has 0 radical (unpaired) electrons. The highest BCUT2D eigenvalue weighted by atomic mass is 32.2. The second kappa shape index (κ2) is 13.2. The summed E-state index contributed by atoms with van der Waals surface area (Å²) < 4.78 is 11.7. The molecule has 4 heterocycles. The van der Waals surface area contributed by atoms with E-state index < -0.39 is 58.6 Å². The maximum atomic E-state index is 13.6. The molecular weight excluding hydrogens is 626 g/mol. The molecule has 3 aliphatic heterocycles. The molecule has 0 unspecified atom stereocenters. The van der Waals surface area contributed by atoms with Crippen molar-refractivity contribution in [2.45, 2.75) is 36.2 Å². The molecule has 4 rings (SSSR count). The Labute approximate surface area is 257 Å². The van der Waals surface area contributed by atoms with Crippen LogP contribution in [0.3, 0.4) is 0 Å². The number of tetrazole rings is 1. The van der Waals surface area contributed by atoms with Gasteiger partial charge < -0.3 is 24.8 Å². The molecule has 21 heteroatoms. The van der Waals surface area contributed by atoms with Crippen molar-refractivity contribution in [1.82, 2.24) is 45.8 Å². The van der Waals surface area contributed by atoms with Gasteiger partial charge in [-0.3, -0.25) is 39.1 Å². The van der Waals surface area contributed by atoms with E-state index in [-0.39, 0.29) is 43.3 Å². The number of β-lactam (4-membered cyclic amide) rings is 1. The molecule has 1 aromatic rings. The van der Waals surface area contributed by atoms with Gasteiger partial charge in [-0.25, -0.2) is 14.5 Å². The number of hydrazine groups is 1. The minimum Gasteiger partial charge on any atom is -0.477 e. The molecule has 0 bridgehead atoms. The molecular formula is C23H29N9O10S2. The first kappa shape index (κ1) is 32.7. The highest BCUT2D eigenvalue weighted by Crippen LogP contribution is 2.47. The molecule has 2 fully saturated rings. The highest BCUT2D eigenvalue weighted by molar-refractivity contribution is 8.01. The number of aromatic nitrogens is 4. The van der Waals surface area contributed by atoms with Gasteiger partial charge in [0.05, 0.1) is 6.54 Å². The molecule has 0 aromatic carbocycles. The summed E-state index contributed by atoms with van der Waals surface area (Å²) >= 11 is 2.29. The Morgan fingerprint density at radius 3 is 2.55 bits per heavy atom. The molecule has 44 heavy (non-hydrogen) atoms. The zero-order valence-corrected chi connectivity index (χ0v) is 25.5. The van der Waals surface area contributed by atoms with Crippen LogP contribution in [0.15, 0.2) is 16.4 Å². The molecule has 0 spiro atoms. The predicted octanol–water partition coefficient (Wildman–Crippen LogP) is -3.09. The number of fused-ring (bicyclic) bond motifs is 1. The van der Waals surface area contributed by atoms with Gasteiger partial charge in [-0.2, -0.15) is 0 Å². The molecule has 2 saturated heterocycles. The number of hydrogen-bond donors (Lipinski definition) is 3. The first-order valence-corrected chi connectivity index (χ1v) is 15.1. The molecule has 3 N–H and O–H groups in total. The Morgan fingerprint density at radius 1 is 1.23 bits per heavy atom. The molecule has 0 saturated carbocycles. The number of ether oxygens (including phenoxy) is 2. The summed E-state index contributed by atoms with van der Waals surface area (Å²) in [6.45, 7) is 3.30. The van der Waals surface area contributed by atoms with Gasteiger partial charge in [0, 0.05) is 38.8 Å². The number of aryl methyl sites for hydroxylation is 1. The van der Waals surface area contributed by atoms with E-state index in [9.17, 15) is 38.7 Å². The second-order valence-electron chi connectivity index (χ2n) is 9.63. The first-order chi connectivity index (χ1) is 20.9. The first-order valence-electron chi connectivity index (χ1n) is 13.0. The number of thioether (sulfide) groups is 2.